The van der Waals surface area contributed by atoms with Crippen LogP contribution in [0, 0.1) is 22.7 Å². The Balaban J connectivity index is 0.000000231. The van der Waals surface area contributed by atoms with E-state index in [1.165, 1.54) is 6.21 Å². The third kappa shape index (κ3) is 5.88. The van der Waals surface area contributed by atoms with Gasteiger partial charge in [0.1, 0.15) is 0 Å². The van der Waals surface area contributed by atoms with Gasteiger partial charge in [0.25, 0.3) is 0 Å². The van der Waals surface area contributed by atoms with Gasteiger partial charge in [-0.2, -0.15) is 10.5 Å². The highest BCUT2D eigenvalue weighted by molar-refractivity contribution is 6.69. The van der Waals surface area contributed by atoms with Gasteiger partial charge in [-0.05, 0) is 29.8 Å². The zero-order valence-electron chi connectivity index (χ0n) is 11.8. The summed E-state index contributed by atoms with van der Waals surface area (Å²) in [6, 6.07) is 17.3. The molecule has 6 nitrogen and oxygen atoms in total. The summed E-state index contributed by atoms with van der Waals surface area (Å²) >= 11 is 5.51. The molecule has 0 radical (unpaired) electrons. The van der Waals surface area contributed by atoms with E-state index in [0.717, 1.165) is 0 Å². The van der Waals surface area contributed by atoms with Crippen LogP contribution in [0.4, 0.5) is 0 Å². The second-order valence-corrected chi connectivity index (χ2v) is 4.42. The van der Waals surface area contributed by atoms with E-state index in [1.807, 2.05) is 12.1 Å². The fourth-order valence-corrected chi connectivity index (χ4v) is 1.65. The molecule has 0 unspecified atom stereocenters. The standard InChI is InChI=1S/C8H5ClN2O.C8H6N2O/c9-8(11-12)7-3-1-2-6(4-7)5-10;9-5-7-2-1-3-8(4-7)6-10-11/h1-4,12H;1-4,6,11H/b11-8-;10-6+. The molecule has 0 atom stereocenters. The van der Waals surface area contributed by atoms with Crippen molar-refractivity contribution in [3.05, 3.63) is 70.8 Å². The van der Waals surface area contributed by atoms with Gasteiger partial charge in [0.05, 0.1) is 29.5 Å². The zero-order chi connectivity index (χ0) is 17.1. The average molecular weight is 327 g/mol. The first-order valence-corrected chi connectivity index (χ1v) is 6.58. The number of oxime groups is 2. The minimum Gasteiger partial charge on any atom is -0.411 e. The van der Waals surface area contributed by atoms with Crippen molar-refractivity contribution in [3.8, 4) is 12.1 Å². The van der Waals surface area contributed by atoms with Gasteiger partial charge in [0, 0.05) is 5.56 Å². The number of hydrogen-bond acceptors (Lipinski definition) is 6. The summed E-state index contributed by atoms with van der Waals surface area (Å²) in [6.07, 6.45) is 1.28. The van der Waals surface area contributed by atoms with Crippen LogP contribution in [-0.2, 0) is 0 Å². The Hall–Kier alpha value is -3.35. The van der Waals surface area contributed by atoms with E-state index in [4.69, 9.17) is 32.5 Å². The Morgan fingerprint density at radius 1 is 1.00 bits per heavy atom. The summed E-state index contributed by atoms with van der Waals surface area (Å²) in [7, 11) is 0. The van der Waals surface area contributed by atoms with Crippen molar-refractivity contribution in [1.29, 1.82) is 10.5 Å². The van der Waals surface area contributed by atoms with Crippen molar-refractivity contribution in [2.24, 2.45) is 10.3 Å². The number of rotatable bonds is 2. The lowest BCUT2D eigenvalue weighted by Crippen LogP contribution is -1.90. The van der Waals surface area contributed by atoms with E-state index >= 15 is 0 Å². The molecule has 0 heterocycles. The molecule has 0 fully saturated rings. The van der Waals surface area contributed by atoms with E-state index < -0.39 is 0 Å². The molecule has 23 heavy (non-hydrogen) atoms. The summed E-state index contributed by atoms with van der Waals surface area (Å²) in [5.41, 5.74) is 2.28. The lowest BCUT2D eigenvalue weighted by molar-refractivity contribution is 0.321. The van der Waals surface area contributed by atoms with Gasteiger partial charge in [-0.15, -0.1) is 0 Å². The Kier molecular flexibility index (Phi) is 7.36. The first kappa shape index (κ1) is 17.7. The van der Waals surface area contributed by atoms with Crippen LogP contribution in [-0.4, -0.2) is 21.8 Å². The maximum atomic E-state index is 8.52. The molecule has 0 aliphatic heterocycles. The highest BCUT2D eigenvalue weighted by Crippen LogP contribution is 2.07. The van der Waals surface area contributed by atoms with E-state index in [1.54, 1.807) is 48.5 Å². The first-order chi connectivity index (χ1) is 11.1. The monoisotopic (exact) mass is 326 g/mol. The highest BCUT2D eigenvalue weighted by atomic mass is 35.5. The third-order valence-electron chi connectivity index (χ3n) is 2.54. The molecule has 2 aromatic rings. The molecule has 0 spiro atoms. The topological polar surface area (TPSA) is 113 Å². The summed E-state index contributed by atoms with van der Waals surface area (Å²) in [6.45, 7) is 0. The lowest BCUT2D eigenvalue weighted by Gasteiger charge is -1.95. The van der Waals surface area contributed by atoms with Crippen LogP contribution >= 0.6 is 11.6 Å². The predicted octanol–water partition coefficient (Wildman–Crippen LogP) is 3.30. The zero-order valence-corrected chi connectivity index (χ0v) is 12.5. The smallest absolute Gasteiger partial charge is 0.175 e. The minimum atomic E-state index is -0.0212. The Labute approximate surface area is 137 Å². The van der Waals surface area contributed by atoms with Gasteiger partial charge < -0.3 is 10.4 Å². The minimum absolute atomic E-state index is 0.0212. The van der Waals surface area contributed by atoms with E-state index in [0.29, 0.717) is 22.3 Å². The molecule has 0 saturated heterocycles. The molecule has 0 amide bonds. The number of benzene rings is 2. The van der Waals surface area contributed by atoms with E-state index in [2.05, 4.69) is 10.3 Å². The van der Waals surface area contributed by atoms with E-state index in [-0.39, 0.29) is 5.17 Å². The Bertz CT molecular complexity index is 804. The summed E-state index contributed by atoms with van der Waals surface area (Å²) in [5.74, 6) is 0. The van der Waals surface area contributed by atoms with Crippen molar-refractivity contribution in [1.82, 2.24) is 0 Å². The highest BCUT2D eigenvalue weighted by Gasteiger charge is 2.00. The molecule has 0 bridgehead atoms. The van der Waals surface area contributed by atoms with Crippen LogP contribution in [0.2, 0.25) is 0 Å². The van der Waals surface area contributed by atoms with Gasteiger partial charge in [0.15, 0.2) is 5.17 Å². The average Bonchev–Trinajstić information content (AvgIpc) is 2.62. The number of nitriles is 2. The second kappa shape index (κ2) is 9.56. The molecule has 0 saturated carbocycles. The van der Waals surface area contributed by atoms with Gasteiger partial charge in [-0.25, -0.2) is 0 Å². The maximum absolute atomic E-state index is 8.52. The van der Waals surface area contributed by atoms with Gasteiger partial charge >= 0.3 is 0 Å². The molecule has 114 valence electrons. The number of hydrogen-bond donors (Lipinski definition) is 2. The largest absolute Gasteiger partial charge is 0.411 e. The first-order valence-electron chi connectivity index (χ1n) is 6.20. The molecule has 2 rings (SSSR count). The van der Waals surface area contributed by atoms with Gasteiger partial charge in [0.2, 0.25) is 0 Å². The Morgan fingerprint density at radius 3 is 2.17 bits per heavy atom. The molecule has 0 aliphatic rings. The quantitative estimate of drug-likeness (QED) is 0.500. The normalized spacial score (nSPS) is 10.3. The van der Waals surface area contributed by atoms with Crippen molar-refractivity contribution in [2.45, 2.75) is 0 Å². The molecule has 0 aromatic heterocycles. The van der Waals surface area contributed by atoms with Crippen molar-refractivity contribution in [2.75, 3.05) is 0 Å². The van der Waals surface area contributed by atoms with Crippen LogP contribution in [0.3, 0.4) is 0 Å². The molecule has 2 N–H and O–H groups in total. The maximum Gasteiger partial charge on any atom is 0.175 e. The van der Waals surface area contributed by atoms with Gasteiger partial charge in [-0.3, -0.25) is 0 Å². The molecule has 7 heteroatoms. The second-order valence-electron chi connectivity index (χ2n) is 4.07. The van der Waals surface area contributed by atoms with Crippen LogP contribution in [0.25, 0.3) is 0 Å². The molecular weight excluding hydrogens is 316 g/mol. The van der Waals surface area contributed by atoms with Crippen molar-refractivity contribution >= 4 is 23.0 Å². The SMILES string of the molecule is N#Cc1cccc(/C(Cl)=N/O)c1.N#Cc1cccc(/C=N/O)c1. The van der Waals surface area contributed by atoms with Crippen LogP contribution in [0.5, 0.6) is 0 Å². The van der Waals surface area contributed by atoms with E-state index in [9.17, 15) is 0 Å². The fourth-order valence-electron chi connectivity index (χ4n) is 1.53. The molecular formula is C16H11ClN4O2. The van der Waals surface area contributed by atoms with Crippen LogP contribution in [0.1, 0.15) is 22.3 Å². The summed E-state index contributed by atoms with van der Waals surface area (Å²) in [4.78, 5) is 0. The lowest BCUT2D eigenvalue weighted by atomic mass is 10.1. The number of nitrogens with zero attached hydrogens (tertiary/aromatic N) is 4. The van der Waals surface area contributed by atoms with Crippen LogP contribution in [0.15, 0.2) is 58.8 Å². The van der Waals surface area contributed by atoms with Gasteiger partial charge in [-0.1, -0.05) is 46.2 Å². The number of halogens is 1. The molecule has 2 aromatic carbocycles. The summed E-state index contributed by atoms with van der Waals surface area (Å²) < 4.78 is 0. The molecule has 0 aliphatic carbocycles. The van der Waals surface area contributed by atoms with Crippen molar-refractivity contribution in [3.63, 3.8) is 0 Å². The summed E-state index contributed by atoms with van der Waals surface area (Å²) in [5, 5.41) is 39.1. The van der Waals surface area contributed by atoms with Crippen LogP contribution < -0.4 is 0 Å². The predicted molar refractivity (Wildman–Crippen MR) is 85.9 cm³/mol. The van der Waals surface area contributed by atoms with Crippen molar-refractivity contribution < 1.29 is 10.4 Å². The fraction of sp³-hybridized carbons (Fsp3) is 0. The Morgan fingerprint density at radius 2 is 1.61 bits per heavy atom. The third-order valence-corrected chi connectivity index (χ3v) is 2.83.